The predicted octanol–water partition coefficient (Wildman–Crippen LogP) is 0.936. The van der Waals surface area contributed by atoms with Gasteiger partial charge in [0.25, 0.3) is 0 Å². The highest BCUT2D eigenvalue weighted by Gasteiger charge is 2.34. The van der Waals surface area contributed by atoms with E-state index in [0.29, 0.717) is 5.56 Å². The van der Waals surface area contributed by atoms with E-state index in [0.717, 1.165) is 12.7 Å². The summed E-state index contributed by atoms with van der Waals surface area (Å²) in [7, 11) is 2.27. The Hall–Kier alpha value is -4.98. The number of hydrogen-bond acceptors (Lipinski definition) is 10. The second-order valence-corrected chi connectivity index (χ2v) is 11.7. The van der Waals surface area contributed by atoms with E-state index in [1.807, 2.05) is 6.07 Å². The Morgan fingerprint density at radius 3 is 1.62 bits per heavy atom. The van der Waals surface area contributed by atoms with E-state index < -0.39 is 78.0 Å². The fourth-order valence-electron chi connectivity index (χ4n) is 4.37. The third kappa shape index (κ3) is 13.5. The van der Waals surface area contributed by atoms with Crippen LogP contribution in [0.2, 0.25) is 0 Å². The highest BCUT2D eigenvalue weighted by atomic mass is 16.6. The zero-order valence-corrected chi connectivity index (χ0v) is 27.4. The maximum absolute atomic E-state index is 13.7. The van der Waals surface area contributed by atoms with Crippen LogP contribution in [0.4, 0.5) is 4.79 Å². The van der Waals surface area contributed by atoms with Crippen LogP contribution in [0.15, 0.2) is 60.7 Å². The number of esters is 2. The lowest BCUT2D eigenvalue weighted by atomic mass is 10.0. The molecule has 2 rings (SSSR count). The lowest BCUT2D eigenvalue weighted by Gasteiger charge is -2.26. The third-order valence-electron chi connectivity index (χ3n) is 6.65. The molecule has 0 saturated heterocycles. The fourth-order valence-corrected chi connectivity index (χ4v) is 4.37. The van der Waals surface area contributed by atoms with Gasteiger partial charge in [-0.1, -0.05) is 60.7 Å². The molecule has 0 bridgehead atoms. The minimum Gasteiger partial charge on any atom is -0.467 e. The number of methoxy groups -OCH3 is 2. The van der Waals surface area contributed by atoms with E-state index >= 15 is 0 Å². The van der Waals surface area contributed by atoms with Crippen LogP contribution in [0.1, 0.15) is 45.2 Å². The van der Waals surface area contributed by atoms with Gasteiger partial charge in [0, 0.05) is 12.8 Å². The molecule has 0 aliphatic carbocycles. The van der Waals surface area contributed by atoms with Crippen LogP contribution in [0.5, 0.6) is 0 Å². The number of benzene rings is 2. The number of rotatable bonds is 15. The smallest absolute Gasteiger partial charge is 0.408 e. The number of nitrogens with one attached hydrogen (secondary N) is 4. The molecular formula is C33H44N4O10. The predicted molar refractivity (Wildman–Crippen MR) is 170 cm³/mol. The van der Waals surface area contributed by atoms with E-state index in [2.05, 4.69) is 26.0 Å². The maximum atomic E-state index is 13.7. The number of alkyl carbamates (subject to hydrolysis) is 1. The Labute approximate surface area is 273 Å². The molecule has 47 heavy (non-hydrogen) atoms. The number of aliphatic hydroxyl groups excluding tert-OH is 1. The molecule has 4 amide bonds. The average Bonchev–Trinajstić information content (AvgIpc) is 3.01. The summed E-state index contributed by atoms with van der Waals surface area (Å²) >= 11 is 0. The van der Waals surface area contributed by atoms with Gasteiger partial charge < -0.3 is 40.6 Å². The monoisotopic (exact) mass is 656 g/mol. The first-order chi connectivity index (χ1) is 22.1. The van der Waals surface area contributed by atoms with Crippen molar-refractivity contribution in [2.75, 3.05) is 14.2 Å². The topological polar surface area (TPSA) is 198 Å². The minimum absolute atomic E-state index is 0.0184. The summed E-state index contributed by atoms with van der Waals surface area (Å²) in [5.74, 6) is -4.19. The van der Waals surface area contributed by atoms with Crippen molar-refractivity contribution < 1.29 is 48.1 Å². The molecule has 256 valence electrons. The molecule has 0 fully saturated rings. The molecule has 0 heterocycles. The summed E-state index contributed by atoms with van der Waals surface area (Å²) in [4.78, 5) is 77.7. The molecular weight excluding hydrogens is 612 g/mol. The molecule has 0 aliphatic heterocycles. The number of amides is 4. The first-order valence-corrected chi connectivity index (χ1v) is 14.9. The van der Waals surface area contributed by atoms with E-state index in [1.165, 1.54) is 14.0 Å². The van der Waals surface area contributed by atoms with Crippen molar-refractivity contribution in [2.24, 2.45) is 0 Å². The van der Waals surface area contributed by atoms with Gasteiger partial charge in [0.05, 0.1) is 26.7 Å². The van der Waals surface area contributed by atoms with Crippen molar-refractivity contribution in [2.45, 2.75) is 82.8 Å². The highest BCUT2D eigenvalue weighted by molar-refractivity contribution is 5.96. The second-order valence-electron chi connectivity index (χ2n) is 11.7. The van der Waals surface area contributed by atoms with Crippen LogP contribution in [0, 0.1) is 0 Å². The van der Waals surface area contributed by atoms with Gasteiger partial charge in [0.2, 0.25) is 17.7 Å². The van der Waals surface area contributed by atoms with Gasteiger partial charge in [-0.25, -0.2) is 14.4 Å². The molecule has 2 aromatic rings. The number of ether oxygens (including phenoxy) is 3. The van der Waals surface area contributed by atoms with Gasteiger partial charge in [0.1, 0.15) is 23.7 Å². The summed E-state index contributed by atoms with van der Waals surface area (Å²) in [6, 6.07) is 12.3. The summed E-state index contributed by atoms with van der Waals surface area (Å²) < 4.78 is 14.8. The molecule has 0 spiro atoms. The van der Waals surface area contributed by atoms with Crippen LogP contribution >= 0.6 is 0 Å². The second kappa shape index (κ2) is 18.2. The third-order valence-corrected chi connectivity index (χ3v) is 6.65. The Balaban J connectivity index is 2.37. The van der Waals surface area contributed by atoms with Gasteiger partial charge in [-0.15, -0.1) is 0 Å². The van der Waals surface area contributed by atoms with Gasteiger partial charge in [-0.2, -0.15) is 0 Å². The van der Waals surface area contributed by atoms with E-state index in [-0.39, 0.29) is 12.8 Å². The minimum atomic E-state index is -1.59. The van der Waals surface area contributed by atoms with E-state index in [9.17, 15) is 33.9 Å². The maximum Gasteiger partial charge on any atom is 0.408 e. The molecule has 0 unspecified atom stereocenters. The normalized spacial score (nSPS) is 14.2. The molecule has 0 saturated carbocycles. The quantitative estimate of drug-likeness (QED) is 0.136. The Morgan fingerprint density at radius 2 is 1.15 bits per heavy atom. The van der Waals surface area contributed by atoms with Gasteiger partial charge >= 0.3 is 18.0 Å². The molecule has 0 radical (unpaired) electrons. The lowest BCUT2D eigenvalue weighted by molar-refractivity contribution is -0.148. The van der Waals surface area contributed by atoms with Crippen molar-refractivity contribution in [3.8, 4) is 0 Å². The number of carbonyl (C=O) groups excluding carboxylic acids is 6. The van der Waals surface area contributed by atoms with Crippen LogP contribution in [0.3, 0.4) is 0 Å². The van der Waals surface area contributed by atoms with Crippen molar-refractivity contribution in [3.05, 3.63) is 71.8 Å². The van der Waals surface area contributed by atoms with Crippen molar-refractivity contribution in [3.63, 3.8) is 0 Å². The number of carbonyl (C=O) groups is 6. The fraction of sp³-hybridized carbons (Fsp3) is 0.455. The number of hydrogen-bond donors (Lipinski definition) is 5. The SMILES string of the molecule is COC(=O)[C@H](Cc1ccccc1)NC(=O)[C@H](Cc1ccccc1)NC(=O)[C@H](CC(=O)N[C@@H](C(=O)OC)[C@@H](C)O)NC(=O)OC(C)(C)C. The summed E-state index contributed by atoms with van der Waals surface area (Å²) in [6.45, 7) is 6.07. The standard InChI is InChI=1S/C33H44N4O10/c1-20(38)27(31(43)46-6)37-26(39)19-24(36-32(44)47-33(2,3)4)29(41)34-23(17-21-13-9-7-10-14-21)28(40)35-25(30(42)45-5)18-22-15-11-8-12-16-22/h7-16,20,23-25,27,38H,17-19H2,1-6H3,(H,34,41)(H,35,40)(H,36,44)(H,37,39)/t20-,23+,24+,25+,27-/m1/s1. The van der Waals surface area contributed by atoms with Crippen LogP contribution in [-0.4, -0.2) is 91.0 Å². The summed E-state index contributed by atoms with van der Waals surface area (Å²) in [5, 5.41) is 19.8. The summed E-state index contributed by atoms with van der Waals surface area (Å²) in [6.07, 6.45) is -2.98. The van der Waals surface area contributed by atoms with Crippen LogP contribution in [-0.2, 0) is 51.0 Å². The first kappa shape index (κ1) is 38.2. The molecule has 0 aliphatic rings. The highest BCUT2D eigenvalue weighted by Crippen LogP contribution is 2.10. The van der Waals surface area contributed by atoms with Crippen LogP contribution < -0.4 is 21.3 Å². The van der Waals surface area contributed by atoms with E-state index in [4.69, 9.17) is 9.47 Å². The lowest BCUT2D eigenvalue weighted by Crippen LogP contribution is -2.58. The van der Waals surface area contributed by atoms with Crippen molar-refractivity contribution in [1.82, 2.24) is 21.3 Å². The number of aliphatic hydroxyl groups is 1. The van der Waals surface area contributed by atoms with Crippen molar-refractivity contribution >= 4 is 35.8 Å². The van der Waals surface area contributed by atoms with Gasteiger partial charge in [0.15, 0.2) is 6.04 Å². The Bertz CT molecular complexity index is 1360. The molecule has 5 N–H and O–H groups in total. The molecule has 14 heteroatoms. The molecule has 14 nitrogen and oxygen atoms in total. The van der Waals surface area contributed by atoms with E-state index in [1.54, 1.807) is 75.4 Å². The van der Waals surface area contributed by atoms with Crippen molar-refractivity contribution in [1.29, 1.82) is 0 Å². The average molecular weight is 657 g/mol. The zero-order valence-electron chi connectivity index (χ0n) is 27.4. The molecule has 2 aromatic carbocycles. The van der Waals surface area contributed by atoms with Gasteiger partial charge in [-0.3, -0.25) is 14.4 Å². The molecule has 0 aromatic heterocycles. The van der Waals surface area contributed by atoms with Gasteiger partial charge in [-0.05, 0) is 38.8 Å². The summed E-state index contributed by atoms with van der Waals surface area (Å²) in [5.41, 5.74) is 0.465. The largest absolute Gasteiger partial charge is 0.467 e. The Morgan fingerprint density at radius 1 is 0.681 bits per heavy atom. The first-order valence-electron chi connectivity index (χ1n) is 14.9. The Kier molecular flexibility index (Phi) is 14.8. The zero-order chi connectivity index (χ0) is 35.1. The van der Waals surface area contributed by atoms with Crippen LogP contribution in [0.25, 0.3) is 0 Å². The molecule has 5 atom stereocenters.